The van der Waals surface area contributed by atoms with Crippen molar-refractivity contribution in [3.63, 3.8) is 0 Å². The summed E-state index contributed by atoms with van der Waals surface area (Å²) < 4.78 is 5.22. The summed E-state index contributed by atoms with van der Waals surface area (Å²) in [6.07, 6.45) is 2.80. The molecule has 18 heavy (non-hydrogen) atoms. The highest BCUT2D eigenvalue weighted by atomic mass is 16.5. The van der Waals surface area contributed by atoms with Crippen molar-refractivity contribution in [3.05, 3.63) is 12.0 Å². The van der Waals surface area contributed by atoms with Gasteiger partial charge in [-0.2, -0.15) is 4.98 Å². The smallest absolute Gasteiger partial charge is 0.263 e. The Morgan fingerprint density at radius 2 is 2.33 bits per heavy atom. The van der Waals surface area contributed by atoms with Gasteiger partial charge in [0, 0.05) is 25.7 Å². The van der Waals surface area contributed by atoms with Crippen LogP contribution < -0.4 is 10.2 Å². The van der Waals surface area contributed by atoms with Crippen molar-refractivity contribution in [2.45, 2.75) is 19.4 Å². The number of nitrogens with zero attached hydrogens (tertiary/aromatic N) is 4. The number of hydrogen-bond acceptors (Lipinski definition) is 6. The van der Waals surface area contributed by atoms with Gasteiger partial charge in [0.15, 0.2) is 0 Å². The van der Waals surface area contributed by atoms with Crippen LogP contribution in [0.1, 0.15) is 12.1 Å². The van der Waals surface area contributed by atoms with Crippen LogP contribution in [0.25, 0.3) is 11.1 Å². The first-order valence-electron chi connectivity index (χ1n) is 6.39. The average Bonchev–Trinajstić information content (AvgIpc) is 3.04. The van der Waals surface area contributed by atoms with Crippen LogP contribution in [0, 0.1) is 12.8 Å². The van der Waals surface area contributed by atoms with Crippen LogP contribution in [0.15, 0.2) is 10.9 Å². The zero-order valence-electron chi connectivity index (χ0n) is 10.3. The number of rotatable bonds is 1. The molecule has 2 saturated heterocycles. The number of fused-ring (bicyclic) bond motifs is 2. The highest BCUT2D eigenvalue weighted by Gasteiger charge is 2.39. The molecule has 2 aromatic heterocycles. The Bertz CT molecular complexity index is 595. The van der Waals surface area contributed by atoms with E-state index in [0.717, 1.165) is 42.5 Å². The van der Waals surface area contributed by atoms with E-state index in [1.54, 1.807) is 6.33 Å². The first-order chi connectivity index (χ1) is 8.84. The fraction of sp³-hybridized carbons (Fsp3) is 0.583. The van der Waals surface area contributed by atoms with Gasteiger partial charge < -0.3 is 14.7 Å². The third-order valence-corrected chi connectivity index (χ3v) is 4.14. The minimum Gasteiger partial charge on any atom is -0.351 e. The normalized spacial score (nSPS) is 27.1. The van der Waals surface area contributed by atoms with Crippen LogP contribution in [0.4, 0.5) is 5.82 Å². The average molecular weight is 245 g/mol. The second-order valence-corrected chi connectivity index (χ2v) is 5.11. The summed E-state index contributed by atoms with van der Waals surface area (Å²) in [7, 11) is 0. The molecule has 0 unspecified atom stereocenters. The lowest BCUT2D eigenvalue weighted by atomic mass is 10.1. The quantitative estimate of drug-likeness (QED) is 0.798. The molecule has 94 valence electrons. The lowest BCUT2D eigenvalue weighted by molar-refractivity contribution is 0.442. The molecule has 2 atom stereocenters. The van der Waals surface area contributed by atoms with Crippen molar-refractivity contribution in [1.29, 1.82) is 0 Å². The molecule has 0 radical (unpaired) electrons. The molecule has 6 nitrogen and oxygen atoms in total. The van der Waals surface area contributed by atoms with Crippen LogP contribution >= 0.6 is 0 Å². The Labute approximate surface area is 104 Å². The van der Waals surface area contributed by atoms with E-state index in [4.69, 9.17) is 4.52 Å². The van der Waals surface area contributed by atoms with Crippen LogP contribution in [0.2, 0.25) is 0 Å². The van der Waals surface area contributed by atoms with E-state index in [0.29, 0.717) is 11.8 Å². The van der Waals surface area contributed by atoms with Crippen molar-refractivity contribution in [3.8, 4) is 0 Å². The Kier molecular flexibility index (Phi) is 2.08. The molecule has 0 bridgehead atoms. The first-order valence-corrected chi connectivity index (χ1v) is 6.39. The maximum absolute atomic E-state index is 5.22. The summed E-state index contributed by atoms with van der Waals surface area (Å²) in [6.45, 7) is 5.17. The van der Waals surface area contributed by atoms with Gasteiger partial charge in [-0.25, -0.2) is 4.98 Å². The van der Waals surface area contributed by atoms with E-state index < -0.39 is 0 Å². The molecule has 0 amide bonds. The summed E-state index contributed by atoms with van der Waals surface area (Å²) in [4.78, 5) is 11.0. The standard InChI is InChI=1S/C12H15N5O/c1-7-10-11(14-6-15-12(10)18-16-7)17-3-2-8-4-13-5-9(8)17/h6,8-9,13H,2-5H2,1H3/t8-,9+/m0/s1. The minimum atomic E-state index is 0.553. The first kappa shape index (κ1) is 10.3. The van der Waals surface area contributed by atoms with Gasteiger partial charge in [0.05, 0.1) is 5.69 Å². The molecule has 4 heterocycles. The topological polar surface area (TPSA) is 67.1 Å². The van der Waals surface area contributed by atoms with E-state index in [9.17, 15) is 0 Å². The van der Waals surface area contributed by atoms with Gasteiger partial charge >= 0.3 is 0 Å². The van der Waals surface area contributed by atoms with Gasteiger partial charge in [-0.15, -0.1) is 0 Å². The van der Waals surface area contributed by atoms with Crippen LogP contribution in [-0.2, 0) is 0 Å². The van der Waals surface area contributed by atoms with Crippen molar-refractivity contribution >= 4 is 16.9 Å². The molecule has 1 N–H and O–H groups in total. The maximum atomic E-state index is 5.22. The highest BCUT2D eigenvalue weighted by Crippen LogP contribution is 2.34. The van der Waals surface area contributed by atoms with Gasteiger partial charge in [-0.05, 0) is 19.3 Å². The maximum Gasteiger partial charge on any atom is 0.263 e. The van der Waals surface area contributed by atoms with E-state index in [1.807, 2.05) is 6.92 Å². The predicted octanol–water partition coefficient (Wildman–Crippen LogP) is 0.724. The van der Waals surface area contributed by atoms with E-state index in [-0.39, 0.29) is 0 Å². The Hall–Kier alpha value is -1.69. The van der Waals surface area contributed by atoms with Gasteiger partial charge in [-0.1, -0.05) is 5.16 Å². The fourth-order valence-electron chi connectivity index (χ4n) is 3.23. The molecule has 0 spiro atoms. The summed E-state index contributed by atoms with van der Waals surface area (Å²) >= 11 is 0. The Balaban J connectivity index is 1.85. The molecule has 6 heteroatoms. The van der Waals surface area contributed by atoms with Crippen molar-refractivity contribution in [2.24, 2.45) is 5.92 Å². The Morgan fingerprint density at radius 3 is 3.28 bits per heavy atom. The lowest BCUT2D eigenvalue weighted by Crippen LogP contribution is -2.34. The molecule has 2 aromatic rings. The predicted molar refractivity (Wildman–Crippen MR) is 66.4 cm³/mol. The number of hydrogen-bond donors (Lipinski definition) is 1. The molecular weight excluding hydrogens is 230 g/mol. The fourth-order valence-corrected chi connectivity index (χ4v) is 3.23. The highest BCUT2D eigenvalue weighted by molar-refractivity contribution is 5.88. The van der Waals surface area contributed by atoms with E-state index in [2.05, 4.69) is 25.3 Å². The second-order valence-electron chi connectivity index (χ2n) is 5.11. The van der Waals surface area contributed by atoms with Crippen LogP contribution in [-0.4, -0.2) is 40.8 Å². The van der Waals surface area contributed by atoms with Crippen LogP contribution in [0.3, 0.4) is 0 Å². The van der Waals surface area contributed by atoms with Crippen molar-refractivity contribution in [2.75, 3.05) is 24.5 Å². The molecule has 2 aliphatic rings. The van der Waals surface area contributed by atoms with Gasteiger partial charge in [0.25, 0.3) is 5.71 Å². The molecule has 0 saturated carbocycles. The van der Waals surface area contributed by atoms with Crippen molar-refractivity contribution < 1.29 is 4.52 Å². The summed E-state index contributed by atoms with van der Waals surface area (Å²) in [6, 6.07) is 0.553. The van der Waals surface area contributed by atoms with Gasteiger partial charge in [0.2, 0.25) is 0 Å². The van der Waals surface area contributed by atoms with Gasteiger partial charge in [-0.3, -0.25) is 0 Å². The summed E-state index contributed by atoms with van der Waals surface area (Å²) in [5, 5.41) is 8.41. The number of aryl methyl sites for hydroxylation is 1. The van der Waals surface area contributed by atoms with Gasteiger partial charge in [0.1, 0.15) is 17.5 Å². The lowest BCUT2D eigenvalue weighted by Gasteiger charge is -2.24. The number of anilines is 1. The summed E-state index contributed by atoms with van der Waals surface area (Å²) in [5.74, 6) is 1.73. The molecule has 2 aliphatic heterocycles. The zero-order valence-corrected chi connectivity index (χ0v) is 10.3. The van der Waals surface area contributed by atoms with E-state index in [1.165, 1.54) is 6.42 Å². The number of nitrogens with one attached hydrogen (secondary N) is 1. The second kappa shape index (κ2) is 3.65. The Morgan fingerprint density at radius 1 is 1.39 bits per heavy atom. The molecular formula is C12H15N5O. The molecule has 2 fully saturated rings. The molecule has 0 aromatic carbocycles. The number of aromatic nitrogens is 3. The van der Waals surface area contributed by atoms with Crippen LogP contribution in [0.5, 0.6) is 0 Å². The van der Waals surface area contributed by atoms with E-state index >= 15 is 0 Å². The summed E-state index contributed by atoms with van der Waals surface area (Å²) in [5.41, 5.74) is 1.46. The third-order valence-electron chi connectivity index (χ3n) is 4.14. The molecule has 0 aliphatic carbocycles. The molecule has 4 rings (SSSR count). The van der Waals surface area contributed by atoms with Crippen molar-refractivity contribution in [1.82, 2.24) is 20.4 Å². The monoisotopic (exact) mass is 245 g/mol. The zero-order chi connectivity index (χ0) is 12.1. The third kappa shape index (κ3) is 1.29. The SMILES string of the molecule is Cc1noc2ncnc(N3CC[C@H]4CNC[C@H]43)c12. The largest absolute Gasteiger partial charge is 0.351 e. The minimum absolute atomic E-state index is 0.553.